The van der Waals surface area contributed by atoms with Crippen molar-refractivity contribution < 1.29 is 18.0 Å². The lowest BCUT2D eigenvalue weighted by atomic mass is 10.1. The number of fused-ring (bicyclic) bond motifs is 1. The Morgan fingerprint density at radius 2 is 1.69 bits per heavy atom. The number of para-hydroxylation sites is 1. The van der Waals surface area contributed by atoms with E-state index in [1.54, 1.807) is 24.3 Å². The normalized spacial score (nSPS) is 12.5. The second-order valence-corrected chi connectivity index (χ2v) is 8.29. The number of aromatic nitrogens is 2. The number of amides is 1. The Morgan fingerprint density at radius 3 is 2.44 bits per heavy atom. The molecule has 0 aliphatic rings. The molecule has 4 nitrogen and oxygen atoms in total. The summed E-state index contributed by atoms with van der Waals surface area (Å²) in [6.07, 6.45) is -3.15. The number of hydrogen-bond acceptors (Lipinski definition) is 4. The Balaban J connectivity index is 1.70. The van der Waals surface area contributed by atoms with Crippen LogP contribution in [0.25, 0.3) is 10.9 Å². The minimum atomic E-state index is -4.56. The zero-order valence-electron chi connectivity index (χ0n) is 16.3. The summed E-state index contributed by atoms with van der Waals surface area (Å²) in [6.45, 7) is 0. The number of nitrogens with one attached hydrogen (secondary N) is 1. The molecule has 3 aromatic carbocycles. The predicted octanol–water partition coefficient (Wildman–Crippen LogP) is 6.77. The van der Waals surface area contributed by atoms with Crippen LogP contribution in [0.4, 0.5) is 18.9 Å². The Hall–Kier alpha value is -3.10. The van der Waals surface area contributed by atoms with Crippen LogP contribution in [-0.4, -0.2) is 15.9 Å². The van der Waals surface area contributed by atoms with Crippen LogP contribution >= 0.6 is 23.4 Å². The van der Waals surface area contributed by atoms with Crippen LogP contribution in [0.5, 0.6) is 0 Å². The molecule has 1 heterocycles. The van der Waals surface area contributed by atoms with Gasteiger partial charge in [0.1, 0.15) is 16.6 Å². The highest BCUT2D eigenvalue weighted by Crippen LogP contribution is 2.39. The topological polar surface area (TPSA) is 54.9 Å². The number of carbonyl (C=O) groups is 1. The van der Waals surface area contributed by atoms with Gasteiger partial charge in [0, 0.05) is 5.39 Å². The van der Waals surface area contributed by atoms with Crippen LogP contribution in [0.2, 0.25) is 5.02 Å². The van der Waals surface area contributed by atoms with Gasteiger partial charge in [0.05, 0.1) is 21.8 Å². The highest BCUT2D eigenvalue weighted by molar-refractivity contribution is 8.00. The van der Waals surface area contributed by atoms with Gasteiger partial charge in [-0.25, -0.2) is 9.97 Å². The SMILES string of the molecule is O=C(Nc1cc(C(F)(F)F)ccc1Cl)[C@H](Sc1ncnc2ccccc12)c1ccccc1. The summed E-state index contributed by atoms with van der Waals surface area (Å²) in [5.74, 6) is -0.523. The lowest BCUT2D eigenvalue weighted by molar-refractivity contribution is -0.137. The van der Waals surface area contributed by atoms with Gasteiger partial charge in [-0.15, -0.1) is 0 Å². The van der Waals surface area contributed by atoms with Crippen LogP contribution in [0, 0.1) is 0 Å². The lowest BCUT2D eigenvalue weighted by Crippen LogP contribution is -2.20. The maximum Gasteiger partial charge on any atom is 0.416 e. The molecule has 0 unspecified atom stereocenters. The summed E-state index contributed by atoms with van der Waals surface area (Å²) in [7, 11) is 0. The quantitative estimate of drug-likeness (QED) is 0.256. The first kappa shape index (κ1) is 22.1. The van der Waals surface area contributed by atoms with Crippen molar-refractivity contribution in [1.82, 2.24) is 9.97 Å². The first-order valence-electron chi connectivity index (χ1n) is 9.42. The van der Waals surface area contributed by atoms with Crippen LogP contribution in [-0.2, 0) is 11.0 Å². The van der Waals surface area contributed by atoms with Gasteiger partial charge in [0.15, 0.2) is 0 Å². The third-order valence-electron chi connectivity index (χ3n) is 4.63. The van der Waals surface area contributed by atoms with Gasteiger partial charge in [0.2, 0.25) is 5.91 Å². The van der Waals surface area contributed by atoms with Crippen LogP contribution in [0.3, 0.4) is 0 Å². The molecule has 1 amide bonds. The Bertz CT molecular complexity index is 1260. The number of alkyl halides is 3. The molecule has 9 heteroatoms. The van der Waals surface area contributed by atoms with Crippen molar-refractivity contribution in [3.8, 4) is 0 Å². The molecular weight excluding hydrogens is 459 g/mol. The van der Waals surface area contributed by atoms with E-state index in [1.807, 2.05) is 30.3 Å². The molecule has 0 spiro atoms. The number of nitrogens with zero attached hydrogens (tertiary/aromatic N) is 2. The van der Waals surface area contributed by atoms with Crippen molar-refractivity contribution in [2.45, 2.75) is 16.5 Å². The van der Waals surface area contributed by atoms with Crippen molar-refractivity contribution in [2.24, 2.45) is 0 Å². The van der Waals surface area contributed by atoms with E-state index >= 15 is 0 Å². The molecule has 32 heavy (non-hydrogen) atoms. The van der Waals surface area contributed by atoms with Crippen LogP contribution < -0.4 is 5.32 Å². The first-order chi connectivity index (χ1) is 15.3. The zero-order valence-corrected chi connectivity index (χ0v) is 17.9. The fraction of sp³-hybridized carbons (Fsp3) is 0.0870. The molecule has 1 N–H and O–H groups in total. The van der Waals surface area contributed by atoms with Gasteiger partial charge in [-0.2, -0.15) is 13.2 Å². The Kier molecular flexibility index (Phi) is 6.34. The van der Waals surface area contributed by atoms with Gasteiger partial charge >= 0.3 is 6.18 Å². The number of carbonyl (C=O) groups excluding carboxylic acids is 1. The number of benzene rings is 3. The smallest absolute Gasteiger partial charge is 0.323 e. The lowest BCUT2D eigenvalue weighted by Gasteiger charge is -2.18. The van der Waals surface area contributed by atoms with Crippen LogP contribution in [0.1, 0.15) is 16.4 Å². The first-order valence-corrected chi connectivity index (χ1v) is 10.7. The monoisotopic (exact) mass is 473 g/mol. The molecule has 0 saturated carbocycles. The number of rotatable bonds is 5. The highest BCUT2D eigenvalue weighted by atomic mass is 35.5. The molecule has 162 valence electrons. The van der Waals surface area contributed by atoms with Crippen molar-refractivity contribution in [1.29, 1.82) is 0 Å². The number of thioether (sulfide) groups is 1. The van der Waals surface area contributed by atoms with Crippen molar-refractivity contribution in [3.05, 3.63) is 95.3 Å². The molecule has 0 aliphatic heterocycles. The largest absolute Gasteiger partial charge is 0.416 e. The van der Waals surface area contributed by atoms with Crippen molar-refractivity contribution in [3.63, 3.8) is 0 Å². The number of hydrogen-bond donors (Lipinski definition) is 1. The summed E-state index contributed by atoms with van der Waals surface area (Å²) in [5.41, 5.74) is 0.377. The molecule has 1 atom stereocenters. The van der Waals surface area contributed by atoms with E-state index in [9.17, 15) is 18.0 Å². The third kappa shape index (κ3) is 4.87. The minimum absolute atomic E-state index is 0.00986. The van der Waals surface area contributed by atoms with E-state index in [0.29, 0.717) is 10.6 Å². The van der Waals surface area contributed by atoms with Crippen molar-refractivity contribution in [2.75, 3.05) is 5.32 Å². The van der Waals surface area contributed by atoms with Gasteiger partial charge in [0.25, 0.3) is 0 Å². The van der Waals surface area contributed by atoms with E-state index in [1.165, 1.54) is 18.1 Å². The van der Waals surface area contributed by atoms with E-state index in [-0.39, 0.29) is 10.7 Å². The second-order valence-electron chi connectivity index (χ2n) is 6.79. The maximum atomic E-state index is 13.3. The summed E-state index contributed by atoms with van der Waals surface area (Å²) < 4.78 is 39.4. The average Bonchev–Trinajstić information content (AvgIpc) is 2.78. The number of anilines is 1. The predicted molar refractivity (Wildman–Crippen MR) is 120 cm³/mol. The van der Waals surface area contributed by atoms with E-state index in [0.717, 1.165) is 29.1 Å². The van der Waals surface area contributed by atoms with E-state index in [4.69, 9.17) is 11.6 Å². The summed E-state index contributed by atoms with van der Waals surface area (Å²) in [4.78, 5) is 21.8. The van der Waals surface area contributed by atoms with E-state index in [2.05, 4.69) is 15.3 Å². The molecule has 0 saturated heterocycles. The third-order valence-corrected chi connectivity index (χ3v) is 6.23. The minimum Gasteiger partial charge on any atom is -0.323 e. The second kappa shape index (κ2) is 9.18. The van der Waals surface area contributed by atoms with Gasteiger partial charge in [-0.3, -0.25) is 4.79 Å². The summed E-state index contributed by atoms with van der Waals surface area (Å²) in [5, 5.41) is 3.12. The standard InChI is InChI=1S/C23H15ClF3N3OS/c24-17-11-10-15(23(25,26)27)12-19(17)30-21(31)20(14-6-2-1-3-7-14)32-22-16-8-4-5-9-18(16)28-13-29-22/h1-13,20H,(H,30,31)/t20-/m1/s1. The Morgan fingerprint density at radius 1 is 0.969 bits per heavy atom. The van der Waals surface area contributed by atoms with Crippen LogP contribution in [0.15, 0.2) is 84.1 Å². The van der Waals surface area contributed by atoms with Gasteiger partial charge < -0.3 is 5.32 Å². The van der Waals surface area contributed by atoms with Gasteiger partial charge in [-0.05, 0) is 29.8 Å². The Labute approximate surface area is 190 Å². The molecule has 4 aromatic rings. The molecule has 1 aromatic heterocycles. The maximum absolute atomic E-state index is 13.3. The van der Waals surface area contributed by atoms with E-state index < -0.39 is 22.9 Å². The molecular formula is C23H15ClF3N3OS. The van der Waals surface area contributed by atoms with Gasteiger partial charge in [-0.1, -0.05) is 71.9 Å². The molecule has 0 bridgehead atoms. The summed E-state index contributed by atoms with van der Waals surface area (Å²) in [6, 6.07) is 19.1. The molecule has 0 aliphatic carbocycles. The zero-order chi connectivity index (χ0) is 22.7. The number of halogens is 4. The fourth-order valence-corrected chi connectivity index (χ4v) is 4.34. The fourth-order valence-electron chi connectivity index (χ4n) is 3.08. The molecule has 0 fully saturated rings. The van der Waals surface area contributed by atoms with Crippen molar-refractivity contribution >= 4 is 45.9 Å². The summed E-state index contributed by atoms with van der Waals surface area (Å²) >= 11 is 7.26. The highest BCUT2D eigenvalue weighted by Gasteiger charge is 2.32. The molecule has 0 radical (unpaired) electrons. The average molecular weight is 474 g/mol. The molecule has 4 rings (SSSR count).